The Balaban J connectivity index is 2.25. The molecule has 0 saturated heterocycles. The van der Waals surface area contributed by atoms with Gasteiger partial charge in [-0.1, -0.05) is 13.8 Å². The third-order valence-corrected chi connectivity index (χ3v) is 3.50. The van der Waals surface area contributed by atoms with Crippen molar-refractivity contribution < 1.29 is 0 Å². The Bertz CT molecular complexity index is 692. The quantitative estimate of drug-likeness (QED) is 0.898. The third kappa shape index (κ3) is 2.89. The van der Waals surface area contributed by atoms with Crippen LogP contribution in [0.4, 0.5) is 0 Å². The molecular formula is C14H20N4O2. The summed E-state index contributed by atoms with van der Waals surface area (Å²) in [6.45, 7) is 6.30. The van der Waals surface area contributed by atoms with Crippen molar-refractivity contribution in [3.8, 4) is 0 Å². The van der Waals surface area contributed by atoms with Crippen LogP contribution in [0.3, 0.4) is 0 Å². The fourth-order valence-corrected chi connectivity index (χ4v) is 2.24. The standard InChI is InChI=1S/C14H20N4O2/c1-4-12(5-2)18-7-6-11(16-18)9-17-8-10(3)13(19)15-14(17)20/h6-8,12H,4-5,9H2,1-3H3,(H,15,19,20). The predicted molar refractivity (Wildman–Crippen MR) is 77.0 cm³/mol. The van der Waals surface area contributed by atoms with Crippen LogP contribution in [0.25, 0.3) is 0 Å². The van der Waals surface area contributed by atoms with Gasteiger partial charge in [-0.05, 0) is 25.8 Å². The van der Waals surface area contributed by atoms with Gasteiger partial charge in [0.25, 0.3) is 5.56 Å². The summed E-state index contributed by atoms with van der Waals surface area (Å²) in [5.41, 5.74) is 0.584. The predicted octanol–water partition coefficient (Wildman–Crippen LogP) is 1.45. The van der Waals surface area contributed by atoms with Gasteiger partial charge in [-0.15, -0.1) is 0 Å². The summed E-state index contributed by atoms with van der Waals surface area (Å²) < 4.78 is 3.41. The molecule has 0 atom stereocenters. The average molecular weight is 276 g/mol. The summed E-state index contributed by atoms with van der Waals surface area (Å²) in [5, 5.41) is 4.51. The van der Waals surface area contributed by atoms with Crippen LogP contribution in [0.5, 0.6) is 0 Å². The second kappa shape index (κ2) is 5.90. The van der Waals surface area contributed by atoms with Gasteiger partial charge in [0.15, 0.2) is 0 Å². The van der Waals surface area contributed by atoms with E-state index in [-0.39, 0.29) is 5.56 Å². The van der Waals surface area contributed by atoms with E-state index in [2.05, 4.69) is 23.9 Å². The van der Waals surface area contributed by atoms with Crippen molar-refractivity contribution >= 4 is 0 Å². The Hall–Kier alpha value is -2.11. The van der Waals surface area contributed by atoms with Gasteiger partial charge in [-0.2, -0.15) is 5.10 Å². The number of hydrogen-bond acceptors (Lipinski definition) is 3. The zero-order chi connectivity index (χ0) is 14.7. The molecule has 20 heavy (non-hydrogen) atoms. The molecule has 2 aromatic rings. The Morgan fingerprint density at radius 1 is 1.30 bits per heavy atom. The molecule has 0 radical (unpaired) electrons. The molecule has 0 fully saturated rings. The number of hydrogen-bond donors (Lipinski definition) is 1. The second-order valence-electron chi connectivity index (χ2n) is 4.96. The number of nitrogens with one attached hydrogen (secondary N) is 1. The lowest BCUT2D eigenvalue weighted by Gasteiger charge is -2.12. The molecule has 0 aromatic carbocycles. The topological polar surface area (TPSA) is 72.7 Å². The van der Waals surface area contributed by atoms with Crippen molar-refractivity contribution in [2.45, 2.75) is 46.2 Å². The smallest absolute Gasteiger partial charge is 0.294 e. The molecule has 108 valence electrons. The van der Waals surface area contributed by atoms with Crippen molar-refractivity contribution in [1.29, 1.82) is 0 Å². The summed E-state index contributed by atoms with van der Waals surface area (Å²) in [4.78, 5) is 25.3. The maximum absolute atomic E-state index is 11.7. The molecule has 0 unspecified atom stereocenters. The summed E-state index contributed by atoms with van der Waals surface area (Å²) >= 11 is 0. The molecule has 1 N–H and O–H groups in total. The first-order valence-corrected chi connectivity index (χ1v) is 6.89. The summed E-state index contributed by atoms with van der Waals surface area (Å²) in [7, 11) is 0. The minimum absolute atomic E-state index is 0.339. The van der Waals surface area contributed by atoms with Gasteiger partial charge < -0.3 is 0 Å². The zero-order valence-corrected chi connectivity index (χ0v) is 12.1. The van der Waals surface area contributed by atoms with Crippen molar-refractivity contribution in [2.24, 2.45) is 0 Å². The summed E-state index contributed by atoms with van der Waals surface area (Å²) in [6, 6.07) is 2.29. The van der Waals surface area contributed by atoms with Crippen molar-refractivity contribution in [3.05, 3.63) is 50.6 Å². The Morgan fingerprint density at radius 3 is 2.65 bits per heavy atom. The van der Waals surface area contributed by atoms with Gasteiger partial charge in [-0.3, -0.25) is 19.0 Å². The third-order valence-electron chi connectivity index (χ3n) is 3.50. The fourth-order valence-electron chi connectivity index (χ4n) is 2.24. The van der Waals surface area contributed by atoms with Crippen molar-refractivity contribution in [2.75, 3.05) is 0 Å². The highest BCUT2D eigenvalue weighted by Crippen LogP contribution is 2.14. The molecule has 6 nitrogen and oxygen atoms in total. The van der Waals surface area contributed by atoms with Crippen LogP contribution in [0.2, 0.25) is 0 Å². The van der Waals surface area contributed by atoms with E-state index in [4.69, 9.17) is 0 Å². The van der Waals surface area contributed by atoms with E-state index in [0.717, 1.165) is 18.5 Å². The number of H-pyrrole nitrogens is 1. The maximum Gasteiger partial charge on any atom is 0.328 e. The number of aromatic amines is 1. The highest BCUT2D eigenvalue weighted by Gasteiger charge is 2.09. The molecule has 0 amide bonds. The molecule has 2 aromatic heterocycles. The molecule has 6 heteroatoms. The maximum atomic E-state index is 11.7. The monoisotopic (exact) mass is 276 g/mol. The first kappa shape index (κ1) is 14.3. The molecule has 0 bridgehead atoms. The van der Waals surface area contributed by atoms with E-state index in [1.165, 1.54) is 4.57 Å². The average Bonchev–Trinajstić information content (AvgIpc) is 2.86. The van der Waals surface area contributed by atoms with Crippen LogP contribution in [-0.2, 0) is 6.54 Å². The van der Waals surface area contributed by atoms with E-state index in [0.29, 0.717) is 18.2 Å². The second-order valence-corrected chi connectivity index (χ2v) is 4.96. The fraction of sp³-hybridized carbons (Fsp3) is 0.500. The van der Waals surface area contributed by atoms with Crippen LogP contribution in [0, 0.1) is 6.92 Å². The van der Waals surface area contributed by atoms with Gasteiger partial charge in [0.05, 0.1) is 18.3 Å². The number of rotatable bonds is 5. The first-order chi connectivity index (χ1) is 9.55. The molecule has 0 spiro atoms. The van der Waals surface area contributed by atoms with Gasteiger partial charge in [0.1, 0.15) is 0 Å². The minimum Gasteiger partial charge on any atom is -0.294 e. The number of aryl methyl sites for hydroxylation is 1. The molecule has 0 saturated carbocycles. The SMILES string of the molecule is CCC(CC)n1ccc(Cn2cc(C)c(=O)[nH]c2=O)n1. The first-order valence-electron chi connectivity index (χ1n) is 6.89. The Labute approximate surface area is 117 Å². The molecular weight excluding hydrogens is 256 g/mol. The number of nitrogens with zero attached hydrogens (tertiary/aromatic N) is 3. The lowest BCUT2D eigenvalue weighted by Crippen LogP contribution is -2.31. The number of aromatic nitrogens is 4. The highest BCUT2D eigenvalue weighted by atomic mass is 16.2. The molecule has 2 rings (SSSR count). The van der Waals surface area contributed by atoms with Crippen LogP contribution in [0.15, 0.2) is 28.0 Å². The summed E-state index contributed by atoms with van der Waals surface area (Å²) in [6.07, 6.45) is 5.55. The lowest BCUT2D eigenvalue weighted by molar-refractivity contribution is 0.424. The van der Waals surface area contributed by atoms with E-state index < -0.39 is 5.69 Å². The van der Waals surface area contributed by atoms with Gasteiger partial charge in [0, 0.05) is 18.0 Å². The highest BCUT2D eigenvalue weighted by molar-refractivity contribution is 5.05. The van der Waals surface area contributed by atoms with Crippen LogP contribution >= 0.6 is 0 Å². The van der Waals surface area contributed by atoms with Gasteiger partial charge >= 0.3 is 5.69 Å². The molecule has 0 aliphatic carbocycles. The zero-order valence-electron chi connectivity index (χ0n) is 12.1. The van der Waals surface area contributed by atoms with Crippen LogP contribution in [-0.4, -0.2) is 19.3 Å². The van der Waals surface area contributed by atoms with E-state index in [9.17, 15) is 9.59 Å². The lowest BCUT2D eigenvalue weighted by atomic mass is 10.2. The van der Waals surface area contributed by atoms with Crippen LogP contribution < -0.4 is 11.2 Å². The van der Waals surface area contributed by atoms with Crippen molar-refractivity contribution in [1.82, 2.24) is 19.3 Å². The molecule has 2 heterocycles. The minimum atomic E-state index is -0.405. The normalized spacial score (nSPS) is 11.2. The van der Waals surface area contributed by atoms with Crippen molar-refractivity contribution in [3.63, 3.8) is 0 Å². The van der Waals surface area contributed by atoms with Gasteiger partial charge in [0.2, 0.25) is 0 Å². The van der Waals surface area contributed by atoms with E-state index in [1.54, 1.807) is 13.1 Å². The van der Waals surface area contributed by atoms with E-state index in [1.807, 2.05) is 16.9 Å². The van der Waals surface area contributed by atoms with E-state index >= 15 is 0 Å². The van der Waals surface area contributed by atoms with Crippen LogP contribution in [0.1, 0.15) is 44.0 Å². The Morgan fingerprint density at radius 2 is 2.00 bits per heavy atom. The molecule has 0 aliphatic rings. The summed E-state index contributed by atoms with van der Waals surface area (Å²) in [5.74, 6) is 0. The van der Waals surface area contributed by atoms with Gasteiger partial charge in [-0.25, -0.2) is 4.79 Å². The largest absolute Gasteiger partial charge is 0.328 e. The molecule has 0 aliphatic heterocycles. The Kier molecular flexibility index (Phi) is 4.22.